The minimum absolute atomic E-state index is 0.00866. The van der Waals surface area contributed by atoms with Crippen molar-refractivity contribution in [1.82, 2.24) is 9.88 Å². The van der Waals surface area contributed by atoms with E-state index >= 15 is 0 Å². The Morgan fingerprint density at radius 3 is 2.36 bits per heavy atom. The smallest absolute Gasteiger partial charge is 0.273 e. The molecule has 0 spiro atoms. The Hall–Kier alpha value is -0.900. The maximum atomic E-state index is 11.7. The van der Waals surface area contributed by atoms with Gasteiger partial charge in [-0.3, -0.25) is 4.79 Å². The summed E-state index contributed by atoms with van der Waals surface area (Å²) in [6.07, 6.45) is 0. The van der Waals surface area contributed by atoms with Crippen molar-refractivity contribution in [2.45, 2.75) is 26.7 Å². The Morgan fingerprint density at radius 1 is 1.43 bits per heavy atom. The van der Waals surface area contributed by atoms with Crippen molar-refractivity contribution in [2.24, 2.45) is 0 Å². The quantitative estimate of drug-likeness (QED) is 0.753. The predicted molar refractivity (Wildman–Crippen MR) is 59.0 cm³/mol. The summed E-state index contributed by atoms with van der Waals surface area (Å²) in [5.41, 5.74) is 0.601. The van der Waals surface area contributed by atoms with E-state index in [0.717, 1.165) is 9.88 Å². The lowest BCUT2D eigenvalue weighted by Crippen LogP contribution is -2.22. The molecule has 1 heterocycles. The molecule has 0 unspecified atom stereocenters. The van der Waals surface area contributed by atoms with Gasteiger partial charge in [0, 0.05) is 24.9 Å². The lowest BCUT2D eigenvalue weighted by atomic mass is 10.2. The van der Waals surface area contributed by atoms with Crippen molar-refractivity contribution in [3.8, 4) is 0 Å². The van der Waals surface area contributed by atoms with Crippen LogP contribution >= 0.6 is 11.3 Å². The second-order valence-electron chi connectivity index (χ2n) is 3.81. The van der Waals surface area contributed by atoms with Crippen LogP contribution in [0.1, 0.15) is 40.1 Å². The zero-order chi connectivity index (χ0) is 10.9. The van der Waals surface area contributed by atoms with Gasteiger partial charge in [-0.25, -0.2) is 4.98 Å². The zero-order valence-electron chi connectivity index (χ0n) is 9.29. The van der Waals surface area contributed by atoms with Crippen molar-refractivity contribution in [2.75, 3.05) is 14.1 Å². The van der Waals surface area contributed by atoms with E-state index < -0.39 is 0 Å². The number of rotatable bonds is 2. The van der Waals surface area contributed by atoms with Crippen LogP contribution in [0.2, 0.25) is 0 Å². The number of carbonyl (C=O) groups excluding carboxylic acids is 1. The fraction of sp³-hybridized carbons (Fsp3) is 0.600. The van der Waals surface area contributed by atoms with E-state index in [1.807, 2.05) is 6.92 Å². The minimum atomic E-state index is -0.00866. The third-order valence-corrected chi connectivity index (χ3v) is 3.19. The van der Waals surface area contributed by atoms with Crippen LogP contribution in [0.25, 0.3) is 0 Å². The zero-order valence-corrected chi connectivity index (χ0v) is 10.1. The number of nitrogens with zero attached hydrogens (tertiary/aromatic N) is 2. The Bertz CT molecular complexity index is 342. The SMILES string of the molecule is Cc1sc(C(C)C)nc1C(=O)N(C)C. The number of hydrogen-bond acceptors (Lipinski definition) is 3. The third-order valence-electron chi connectivity index (χ3n) is 1.92. The van der Waals surface area contributed by atoms with Gasteiger partial charge < -0.3 is 4.90 Å². The molecule has 0 N–H and O–H groups in total. The summed E-state index contributed by atoms with van der Waals surface area (Å²) in [6, 6.07) is 0. The van der Waals surface area contributed by atoms with Gasteiger partial charge in [0.25, 0.3) is 5.91 Å². The van der Waals surface area contributed by atoms with Crippen molar-refractivity contribution in [3.05, 3.63) is 15.6 Å². The molecule has 0 aromatic carbocycles. The summed E-state index contributed by atoms with van der Waals surface area (Å²) in [4.78, 5) is 18.6. The lowest BCUT2D eigenvalue weighted by molar-refractivity contribution is 0.0822. The molecule has 1 amide bonds. The molecular formula is C10H16N2OS. The summed E-state index contributed by atoms with van der Waals surface area (Å²) in [5, 5.41) is 1.03. The number of carbonyl (C=O) groups is 1. The van der Waals surface area contributed by atoms with Crippen molar-refractivity contribution in [1.29, 1.82) is 0 Å². The number of hydrogen-bond donors (Lipinski definition) is 0. The fourth-order valence-electron chi connectivity index (χ4n) is 1.07. The lowest BCUT2D eigenvalue weighted by Gasteiger charge is -2.07. The van der Waals surface area contributed by atoms with Crippen LogP contribution in [0.3, 0.4) is 0 Å². The summed E-state index contributed by atoms with van der Waals surface area (Å²) in [5.74, 6) is 0.382. The molecular weight excluding hydrogens is 196 g/mol. The molecule has 0 atom stereocenters. The van der Waals surface area contributed by atoms with Crippen LogP contribution in [0.4, 0.5) is 0 Å². The molecule has 4 heteroatoms. The summed E-state index contributed by atoms with van der Waals surface area (Å²) >= 11 is 1.61. The van der Waals surface area contributed by atoms with Gasteiger partial charge in [-0.2, -0.15) is 0 Å². The first kappa shape index (κ1) is 11.2. The number of aromatic nitrogens is 1. The van der Waals surface area contributed by atoms with E-state index in [2.05, 4.69) is 18.8 Å². The number of thiazole rings is 1. The highest BCUT2D eigenvalue weighted by atomic mass is 32.1. The van der Waals surface area contributed by atoms with Crippen LogP contribution in [0.15, 0.2) is 0 Å². The van der Waals surface area contributed by atoms with Crippen LogP contribution in [-0.4, -0.2) is 29.9 Å². The van der Waals surface area contributed by atoms with E-state index in [1.165, 1.54) is 0 Å². The molecule has 1 aromatic rings. The third kappa shape index (κ3) is 2.12. The van der Waals surface area contributed by atoms with Crippen molar-refractivity contribution >= 4 is 17.2 Å². The molecule has 1 aromatic heterocycles. The molecule has 0 bridgehead atoms. The van der Waals surface area contributed by atoms with E-state index in [0.29, 0.717) is 11.6 Å². The van der Waals surface area contributed by atoms with Crippen LogP contribution in [-0.2, 0) is 0 Å². The topological polar surface area (TPSA) is 33.2 Å². The molecule has 3 nitrogen and oxygen atoms in total. The maximum Gasteiger partial charge on any atom is 0.273 e. The first-order valence-electron chi connectivity index (χ1n) is 4.62. The van der Waals surface area contributed by atoms with Crippen molar-refractivity contribution < 1.29 is 4.79 Å². The summed E-state index contributed by atoms with van der Waals surface area (Å²) < 4.78 is 0. The molecule has 0 fully saturated rings. The van der Waals surface area contributed by atoms with Gasteiger partial charge in [0.2, 0.25) is 0 Å². The van der Waals surface area contributed by atoms with E-state index in [9.17, 15) is 4.79 Å². The van der Waals surface area contributed by atoms with Crippen LogP contribution in [0, 0.1) is 6.92 Å². The van der Waals surface area contributed by atoms with Gasteiger partial charge in [-0.1, -0.05) is 13.8 Å². The normalized spacial score (nSPS) is 10.7. The molecule has 78 valence electrons. The molecule has 0 aliphatic rings. The summed E-state index contributed by atoms with van der Waals surface area (Å²) in [7, 11) is 3.49. The Morgan fingerprint density at radius 2 is 2.00 bits per heavy atom. The largest absolute Gasteiger partial charge is 0.343 e. The highest BCUT2D eigenvalue weighted by Crippen LogP contribution is 2.24. The van der Waals surface area contributed by atoms with E-state index in [-0.39, 0.29) is 5.91 Å². The van der Waals surface area contributed by atoms with Gasteiger partial charge in [0.1, 0.15) is 5.69 Å². The minimum Gasteiger partial charge on any atom is -0.343 e. The van der Waals surface area contributed by atoms with Crippen molar-refractivity contribution in [3.63, 3.8) is 0 Å². The number of amides is 1. The van der Waals surface area contributed by atoms with Gasteiger partial charge in [-0.05, 0) is 6.92 Å². The highest BCUT2D eigenvalue weighted by Gasteiger charge is 2.17. The number of aryl methyl sites for hydroxylation is 1. The molecule has 0 saturated heterocycles. The maximum absolute atomic E-state index is 11.7. The Kier molecular flexibility index (Phi) is 3.26. The molecule has 0 saturated carbocycles. The van der Waals surface area contributed by atoms with Crippen LogP contribution in [0.5, 0.6) is 0 Å². The molecule has 0 radical (unpaired) electrons. The van der Waals surface area contributed by atoms with Gasteiger partial charge >= 0.3 is 0 Å². The van der Waals surface area contributed by atoms with Crippen LogP contribution < -0.4 is 0 Å². The van der Waals surface area contributed by atoms with Gasteiger partial charge in [0.15, 0.2) is 0 Å². The summed E-state index contributed by atoms with van der Waals surface area (Å²) in [6.45, 7) is 6.12. The Labute approximate surface area is 88.8 Å². The first-order chi connectivity index (χ1) is 6.43. The predicted octanol–water partition coefficient (Wildman–Crippen LogP) is 2.28. The molecule has 14 heavy (non-hydrogen) atoms. The fourth-order valence-corrected chi connectivity index (χ4v) is 1.99. The second kappa shape index (κ2) is 4.09. The van der Waals surface area contributed by atoms with E-state index in [1.54, 1.807) is 30.3 Å². The Balaban J connectivity index is 3.04. The molecule has 0 aliphatic carbocycles. The average Bonchev–Trinajstić information content (AvgIpc) is 2.46. The molecule has 0 aliphatic heterocycles. The standard InChI is InChI=1S/C10H16N2OS/c1-6(2)9-11-8(7(3)14-9)10(13)12(4)5/h6H,1-5H3. The average molecular weight is 212 g/mol. The van der Waals surface area contributed by atoms with E-state index in [4.69, 9.17) is 0 Å². The first-order valence-corrected chi connectivity index (χ1v) is 5.44. The second-order valence-corrected chi connectivity index (χ2v) is 5.05. The molecule has 1 rings (SSSR count). The van der Waals surface area contributed by atoms with Gasteiger partial charge in [-0.15, -0.1) is 11.3 Å². The van der Waals surface area contributed by atoms with Gasteiger partial charge in [0.05, 0.1) is 5.01 Å². The monoisotopic (exact) mass is 212 g/mol. The highest BCUT2D eigenvalue weighted by molar-refractivity contribution is 7.11.